The Morgan fingerprint density at radius 1 is 1.56 bits per heavy atom. The Morgan fingerprint density at radius 3 is 3.00 bits per heavy atom. The normalized spacial score (nSPS) is 9.75. The molecule has 0 aromatic carbocycles. The number of hydrogen-bond acceptors (Lipinski definition) is 6. The third kappa shape index (κ3) is 3.71. The fourth-order valence-corrected chi connectivity index (χ4v) is 1.21. The van der Waals surface area contributed by atoms with Gasteiger partial charge in [0, 0.05) is 26.4 Å². The molecular weight excluding hydrogens is 206 g/mol. The van der Waals surface area contributed by atoms with Gasteiger partial charge < -0.3 is 15.4 Å². The summed E-state index contributed by atoms with van der Waals surface area (Å²) in [5, 5.41) is 8.57. The van der Waals surface area contributed by atoms with Crippen LogP contribution in [0.2, 0.25) is 0 Å². The van der Waals surface area contributed by atoms with Crippen molar-refractivity contribution in [1.29, 1.82) is 5.26 Å². The molecule has 16 heavy (non-hydrogen) atoms. The van der Waals surface area contributed by atoms with Crippen LogP contribution >= 0.6 is 0 Å². The first-order chi connectivity index (χ1) is 7.77. The van der Waals surface area contributed by atoms with Crippen LogP contribution in [0.3, 0.4) is 0 Å². The number of nitriles is 1. The zero-order chi connectivity index (χ0) is 11.8. The summed E-state index contributed by atoms with van der Waals surface area (Å²) < 4.78 is 4.99. The first-order valence-corrected chi connectivity index (χ1v) is 4.97. The maximum Gasteiger partial charge on any atom is 0.227 e. The van der Waals surface area contributed by atoms with Gasteiger partial charge in [-0.15, -0.1) is 0 Å². The monoisotopic (exact) mass is 221 g/mol. The molecular formula is C10H15N5O. The van der Waals surface area contributed by atoms with Gasteiger partial charge in [0.1, 0.15) is 5.82 Å². The lowest BCUT2D eigenvalue weighted by molar-refractivity contribution is 0.205. The zero-order valence-electron chi connectivity index (χ0n) is 9.26. The van der Waals surface area contributed by atoms with Crippen molar-refractivity contribution in [2.24, 2.45) is 0 Å². The van der Waals surface area contributed by atoms with Gasteiger partial charge in [0.05, 0.1) is 19.1 Å². The summed E-state index contributed by atoms with van der Waals surface area (Å²) in [6.45, 7) is 1.77. The van der Waals surface area contributed by atoms with Gasteiger partial charge in [-0.3, -0.25) is 0 Å². The van der Waals surface area contributed by atoms with Gasteiger partial charge in [-0.05, 0) is 6.07 Å². The van der Waals surface area contributed by atoms with Crippen LogP contribution in [0.5, 0.6) is 0 Å². The smallest absolute Gasteiger partial charge is 0.227 e. The highest BCUT2D eigenvalue weighted by Crippen LogP contribution is 2.08. The molecule has 0 fully saturated rings. The topological polar surface area (TPSA) is 88.1 Å². The molecule has 6 nitrogen and oxygen atoms in total. The lowest BCUT2D eigenvalue weighted by atomic mass is 10.4. The average molecular weight is 221 g/mol. The van der Waals surface area contributed by atoms with E-state index in [0.717, 1.165) is 0 Å². The number of nitrogens with zero attached hydrogens (tertiary/aromatic N) is 4. The van der Waals surface area contributed by atoms with E-state index in [-0.39, 0.29) is 0 Å². The van der Waals surface area contributed by atoms with E-state index in [4.69, 9.17) is 15.7 Å². The van der Waals surface area contributed by atoms with Gasteiger partial charge in [-0.1, -0.05) is 0 Å². The van der Waals surface area contributed by atoms with Gasteiger partial charge in [0.15, 0.2) is 0 Å². The molecule has 0 saturated heterocycles. The van der Waals surface area contributed by atoms with Crippen molar-refractivity contribution >= 4 is 11.8 Å². The predicted molar refractivity (Wildman–Crippen MR) is 60.8 cm³/mol. The van der Waals surface area contributed by atoms with Crippen molar-refractivity contribution in [3.05, 3.63) is 12.3 Å². The van der Waals surface area contributed by atoms with E-state index < -0.39 is 0 Å². The lowest BCUT2D eigenvalue weighted by Gasteiger charge is -2.20. The summed E-state index contributed by atoms with van der Waals surface area (Å²) in [5.41, 5.74) is 5.58. The molecule has 2 N–H and O–H groups in total. The van der Waals surface area contributed by atoms with Gasteiger partial charge in [-0.25, -0.2) is 4.98 Å². The highest BCUT2D eigenvalue weighted by Gasteiger charge is 2.08. The van der Waals surface area contributed by atoms with Gasteiger partial charge in [0.25, 0.3) is 0 Å². The number of nitrogens with two attached hydrogens (primary N) is 1. The summed E-state index contributed by atoms with van der Waals surface area (Å²) >= 11 is 0. The van der Waals surface area contributed by atoms with Gasteiger partial charge in [-0.2, -0.15) is 10.2 Å². The van der Waals surface area contributed by atoms with Crippen LogP contribution in [0, 0.1) is 11.3 Å². The van der Waals surface area contributed by atoms with Crippen LogP contribution in [0.15, 0.2) is 12.3 Å². The molecule has 0 aliphatic carbocycles. The summed E-state index contributed by atoms with van der Waals surface area (Å²) in [6.07, 6.45) is 2.02. The molecule has 1 rings (SSSR count). The molecule has 0 bridgehead atoms. The number of methoxy groups -OCH3 is 1. The van der Waals surface area contributed by atoms with Crippen molar-refractivity contribution in [1.82, 2.24) is 9.97 Å². The fourth-order valence-electron chi connectivity index (χ4n) is 1.21. The lowest BCUT2D eigenvalue weighted by Crippen LogP contribution is -2.30. The van der Waals surface area contributed by atoms with E-state index in [1.807, 2.05) is 4.90 Å². The van der Waals surface area contributed by atoms with E-state index in [1.165, 1.54) is 0 Å². The van der Waals surface area contributed by atoms with Crippen molar-refractivity contribution in [2.75, 3.05) is 37.4 Å². The molecule has 1 heterocycles. The van der Waals surface area contributed by atoms with Crippen molar-refractivity contribution in [3.8, 4) is 6.07 Å². The third-order valence-electron chi connectivity index (χ3n) is 2.01. The maximum absolute atomic E-state index is 8.57. The van der Waals surface area contributed by atoms with Crippen LogP contribution in [0.4, 0.5) is 11.8 Å². The molecule has 0 aliphatic heterocycles. The zero-order valence-corrected chi connectivity index (χ0v) is 9.26. The van der Waals surface area contributed by atoms with E-state index in [2.05, 4.69) is 16.0 Å². The minimum atomic E-state index is 0.419. The summed E-state index contributed by atoms with van der Waals surface area (Å²) in [6, 6.07) is 3.72. The number of rotatable bonds is 6. The minimum absolute atomic E-state index is 0.419. The molecule has 0 amide bonds. The van der Waals surface area contributed by atoms with E-state index in [0.29, 0.717) is 37.9 Å². The average Bonchev–Trinajstić information content (AvgIpc) is 2.29. The summed E-state index contributed by atoms with van der Waals surface area (Å²) in [7, 11) is 1.63. The second kappa shape index (κ2) is 6.58. The SMILES string of the molecule is COCCN(CCC#N)c1nccc(N)n1. The molecule has 0 unspecified atom stereocenters. The molecule has 0 radical (unpaired) electrons. The highest BCUT2D eigenvalue weighted by molar-refractivity contribution is 5.37. The number of anilines is 2. The Bertz CT molecular complexity index is 362. The Kier molecular flexibility index (Phi) is 5.02. The van der Waals surface area contributed by atoms with Crippen LogP contribution in [0.1, 0.15) is 6.42 Å². The Hall–Kier alpha value is -1.87. The first kappa shape index (κ1) is 12.2. The number of aromatic nitrogens is 2. The van der Waals surface area contributed by atoms with Crippen LogP contribution in [0.25, 0.3) is 0 Å². The van der Waals surface area contributed by atoms with Crippen LogP contribution < -0.4 is 10.6 Å². The van der Waals surface area contributed by atoms with E-state index >= 15 is 0 Å². The van der Waals surface area contributed by atoms with Crippen molar-refractivity contribution in [3.63, 3.8) is 0 Å². The van der Waals surface area contributed by atoms with Gasteiger partial charge in [0.2, 0.25) is 5.95 Å². The minimum Gasteiger partial charge on any atom is -0.384 e. The van der Waals surface area contributed by atoms with Crippen molar-refractivity contribution in [2.45, 2.75) is 6.42 Å². The second-order valence-electron chi connectivity index (χ2n) is 3.17. The highest BCUT2D eigenvalue weighted by atomic mass is 16.5. The third-order valence-corrected chi connectivity index (χ3v) is 2.01. The quantitative estimate of drug-likeness (QED) is 0.749. The maximum atomic E-state index is 8.57. The standard InChI is InChI=1S/C10H15N5O/c1-16-8-7-15(6-2-4-11)10-13-5-3-9(12)14-10/h3,5H,2,6-8H2,1H3,(H2,12,13,14). The Labute approximate surface area is 94.7 Å². The van der Waals surface area contributed by atoms with Crippen LogP contribution in [-0.4, -0.2) is 36.8 Å². The van der Waals surface area contributed by atoms with E-state index in [1.54, 1.807) is 19.4 Å². The fraction of sp³-hybridized carbons (Fsp3) is 0.500. The molecule has 86 valence electrons. The van der Waals surface area contributed by atoms with E-state index in [9.17, 15) is 0 Å². The molecule has 0 atom stereocenters. The Morgan fingerprint density at radius 2 is 2.38 bits per heavy atom. The number of hydrogen-bond donors (Lipinski definition) is 1. The summed E-state index contributed by atoms with van der Waals surface area (Å²) in [5.74, 6) is 0.955. The molecule has 6 heteroatoms. The Balaban J connectivity index is 2.70. The van der Waals surface area contributed by atoms with Crippen molar-refractivity contribution < 1.29 is 4.74 Å². The number of ether oxygens (including phenoxy) is 1. The number of nitrogen functional groups attached to an aromatic ring is 1. The predicted octanol–water partition coefficient (Wildman–Crippen LogP) is 0.425. The van der Waals surface area contributed by atoms with Gasteiger partial charge >= 0.3 is 0 Å². The second-order valence-corrected chi connectivity index (χ2v) is 3.17. The molecule has 0 saturated carbocycles. The summed E-state index contributed by atoms with van der Waals surface area (Å²) in [4.78, 5) is 10.1. The van der Waals surface area contributed by atoms with Crippen LogP contribution in [-0.2, 0) is 4.74 Å². The molecule has 0 aliphatic rings. The molecule has 0 spiro atoms. The molecule has 1 aromatic heterocycles. The first-order valence-electron chi connectivity index (χ1n) is 4.97. The molecule has 1 aromatic rings. The largest absolute Gasteiger partial charge is 0.384 e.